The van der Waals surface area contributed by atoms with E-state index < -0.39 is 6.10 Å². The number of hydrogen-bond donors (Lipinski definition) is 1. The Morgan fingerprint density at radius 2 is 1.65 bits per heavy atom. The number of aryl methyl sites for hydroxylation is 3. The smallest absolute Gasteiger partial charge is 0.133 e. The molecule has 0 bridgehead atoms. The molecule has 0 heterocycles. The molecule has 2 aromatic carbocycles. The van der Waals surface area contributed by atoms with E-state index in [-0.39, 0.29) is 0 Å². The number of aliphatic hydroxyl groups is 1. The fourth-order valence-electron chi connectivity index (χ4n) is 2.31. The molecule has 106 valence electrons. The Kier molecular flexibility index (Phi) is 4.51. The van der Waals surface area contributed by atoms with Crippen molar-refractivity contribution in [1.82, 2.24) is 0 Å². The zero-order valence-electron chi connectivity index (χ0n) is 12.2. The van der Waals surface area contributed by atoms with Crippen molar-refractivity contribution in [1.29, 1.82) is 0 Å². The van der Waals surface area contributed by atoms with Gasteiger partial charge < -0.3 is 9.84 Å². The van der Waals surface area contributed by atoms with Crippen molar-refractivity contribution in [2.24, 2.45) is 0 Å². The quantitative estimate of drug-likeness (QED) is 0.897. The van der Waals surface area contributed by atoms with Gasteiger partial charge in [0.15, 0.2) is 0 Å². The largest absolute Gasteiger partial charge is 0.496 e. The van der Waals surface area contributed by atoms with Crippen LogP contribution in [0.3, 0.4) is 0 Å². The SMILES string of the molecule is COc1ccc(C(O)c2cc(C)c(C)cc2C)cc1Br. The number of methoxy groups -OCH3 is 1. The van der Waals surface area contributed by atoms with Crippen molar-refractivity contribution in [2.75, 3.05) is 7.11 Å². The van der Waals surface area contributed by atoms with Gasteiger partial charge in [0, 0.05) is 0 Å². The number of aliphatic hydroxyl groups excluding tert-OH is 1. The van der Waals surface area contributed by atoms with Crippen molar-refractivity contribution in [2.45, 2.75) is 26.9 Å². The van der Waals surface area contributed by atoms with Gasteiger partial charge in [0.2, 0.25) is 0 Å². The lowest BCUT2D eigenvalue weighted by atomic mass is 9.93. The van der Waals surface area contributed by atoms with Crippen LogP contribution in [0.4, 0.5) is 0 Å². The van der Waals surface area contributed by atoms with E-state index in [9.17, 15) is 5.11 Å². The zero-order chi connectivity index (χ0) is 14.9. The highest BCUT2D eigenvalue weighted by molar-refractivity contribution is 9.10. The van der Waals surface area contributed by atoms with E-state index in [2.05, 4.69) is 41.9 Å². The molecule has 1 atom stereocenters. The Morgan fingerprint density at radius 1 is 1.00 bits per heavy atom. The minimum Gasteiger partial charge on any atom is -0.496 e. The highest BCUT2D eigenvalue weighted by atomic mass is 79.9. The standard InChI is InChI=1S/C17H19BrO2/c1-10-7-12(3)14(8-11(10)2)17(19)13-5-6-16(20-4)15(18)9-13/h5-9,17,19H,1-4H3. The summed E-state index contributed by atoms with van der Waals surface area (Å²) in [6.07, 6.45) is -0.628. The Labute approximate surface area is 128 Å². The van der Waals surface area contributed by atoms with Crippen molar-refractivity contribution in [3.63, 3.8) is 0 Å². The first kappa shape index (κ1) is 15.1. The third-order valence-corrected chi connectivity index (χ3v) is 4.29. The minimum absolute atomic E-state index is 0.628. The van der Waals surface area contributed by atoms with Crippen LogP contribution < -0.4 is 4.74 Å². The van der Waals surface area contributed by atoms with E-state index >= 15 is 0 Å². The Morgan fingerprint density at radius 3 is 2.25 bits per heavy atom. The molecule has 3 heteroatoms. The van der Waals surface area contributed by atoms with Crippen molar-refractivity contribution >= 4 is 15.9 Å². The van der Waals surface area contributed by atoms with Gasteiger partial charge in [-0.1, -0.05) is 18.2 Å². The lowest BCUT2D eigenvalue weighted by Crippen LogP contribution is -2.03. The molecule has 0 aliphatic carbocycles. The molecule has 2 aromatic rings. The maximum absolute atomic E-state index is 10.6. The van der Waals surface area contributed by atoms with Crippen LogP contribution in [0.15, 0.2) is 34.8 Å². The summed E-state index contributed by atoms with van der Waals surface area (Å²) in [5.41, 5.74) is 5.34. The Balaban J connectivity index is 2.43. The van der Waals surface area contributed by atoms with Gasteiger partial charge in [0.05, 0.1) is 11.6 Å². The Bertz CT molecular complexity index is 635. The van der Waals surface area contributed by atoms with Crippen LogP contribution in [0.1, 0.15) is 33.9 Å². The van der Waals surface area contributed by atoms with Crippen LogP contribution >= 0.6 is 15.9 Å². The summed E-state index contributed by atoms with van der Waals surface area (Å²) < 4.78 is 6.06. The van der Waals surface area contributed by atoms with Crippen LogP contribution in [-0.4, -0.2) is 12.2 Å². The maximum atomic E-state index is 10.6. The lowest BCUT2D eigenvalue weighted by molar-refractivity contribution is 0.219. The molecule has 2 rings (SSSR count). The van der Waals surface area contributed by atoms with E-state index in [0.29, 0.717) is 0 Å². The molecule has 0 spiro atoms. The molecule has 2 nitrogen and oxygen atoms in total. The Hall–Kier alpha value is -1.32. The molecule has 0 aliphatic rings. The van der Waals surface area contributed by atoms with Crippen LogP contribution in [0.2, 0.25) is 0 Å². The number of ether oxygens (including phenoxy) is 1. The average Bonchev–Trinajstić information content (AvgIpc) is 2.42. The molecule has 0 aliphatic heterocycles. The minimum atomic E-state index is -0.628. The van der Waals surface area contributed by atoms with Gasteiger partial charge >= 0.3 is 0 Å². The monoisotopic (exact) mass is 334 g/mol. The van der Waals surface area contributed by atoms with Gasteiger partial charge in [0.25, 0.3) is 0 Å². The second-order valence-electron chi connectivity index (χ2n) is 5.09. The van der Waals surface area contributed by atoms with Gasteiger partial charge in [-0.15, -0.1) is 0 Å². The fourth-order valence-corrected chi connectivity index (χ4v) is 2.87. The van der Waals surface area contributed by atoms with Gasteiger partial charge in [-0.25, -0.2) is 0 Å². The average molecular weight is 335 g/mol. The number of hydrogen-bond acceptors (Lipinski definition) is 2. The number of rotatable bonds is 3. The van der Waals surface area contributed by atoms with Crippen LogP contribution in [0.5, 0.6) is 5.75 Å². The molecular formula is C17H19BrO2. The molecule has 20 heavy (non-hydrogen) atoms. The van der Waals surface area contributed by atoms with Gasteiger partial charge in [-0.3, -0.25) is 0 Å². The molecule has 0 fully saturated rings. The summed E-state index contributed by atoms with van der Waals surface area (Å²) in [4.78, 5) is 0. The second kappa shape index (κ2) is 5.98. The van der Waals surface area contributed by atoms with E-state index in [1.165, 1.54) is 11.1 Å². The summed E-state index contributed by atoms with van der Waals surface area (Å²) >= 11 is 3.46. The normalized spacial score (nSPS) is 12.3. The van der Waals surface area contributed by atoms with Gasteiger partial charge in [0.1, 0.15) is 11.9 Å². The molecule has 0 radical (unpaired) electrons. The first-order chi connectivity index (χ1) is 9.43. The zero-order valence-corrected chi connectivity index (χ0v) is 13.8. The third kappa shape index (κ3) is 2.89. The molecular weight excluding hydrogens is 316 g/mol. The summed E-state index contributed by atoms with van der Waals surface area (Å²) in [7, 11) is 1.63. The fraction of sp³-hybridized carbons (Fsp3) is 0.294. The van der Waals surface area contributed by atoms with Crippen molar-refractivity contribution in [3.05, 3.63) is 62.6 Å². The van der Waals surface area contributed by atoms with Crippen molar-refractivity contribution in [3.8, 4) is 5.75 Å². The molecule has 1 unspecified atom stereocenters. The molecule has 0 aromatic heterocycles. The lowest BCUT2D eigenvalue weighted by Gasteiger charge is -2.17. The number of halogens is 1. The molecule has 0 saturated heterocycles. The molecule has 0 amide bonds. The topological polar surface area (TPSA) is 29.5 Å². The highest BCUT2D eigenvalue weighted by Gasteiger charge is 2.15. The van der Waals surface area contributed by atoms with Crippen LogP contribution in [-0.2, 0) is 0 Å². The van der Waals surface area contributed by atoms with E-state index in [1.54, 1.807) is 7.11 Å². The summed E-state index contributed by atoms with van der Waals surface area (Å²) in [6, 6.07) is 9.83. The van der Waals surface area contributed by atoms with E-state index in [4.69, 9.17) is 4.74 Å². The van der Waals surface area contributed by atoms with Crippen LogP contribution in [0, 0.1) is 20.8 Å². The van der Waals surface area contributed by atoms with Crippen molar-refractivity contribution < 1.29 is 9.84 Å². The number of benzene rings is 2. The first-order valence-corrected chi connectivity index (χ1v) is 7.32. The highest BCUT2D eigenvalue weighted by Crippen LogP contribution is 2.32. The maximum Gasteiger partial charge on any atom is 0.133 e. The molecule has 1 N–H and O–H groups in total. The van der Waals surface area contributed by atoms with E-state index in [1.807, 2.05) is 25.1 Å². The second-order valence-corrected chi connectivity index (χ2v) is 5.94. The first-order valence-electron chi connectivity index (χ1n) is 6.53. The summed E-state index contributed by atoms with van der Waals surface area (Å²) in [5, 5.41) is 10.6. The molecule has 0 saturated carbocycles. The predicted octanol–water partition coefficient (Wildman–Crippen LogP) is 4.46. The van der Waals surface area contributed by atoms with Gasteiger partial charge in [-0.2, -0.15) is 0 Å². The van der Waals surface area contributed by atoms with E-state index in [0.717, 1.165) is 26.9 Å². The van der Waals surface area contributed by atoms with Gasteiger partial charge in [-0.05, 0) is 76.7 Å². The summed E-state index contributed by atoms with van der Waals surface area (Å²) in [6.45, 7) is 6.18. The van der Waals surface area contributed by atoms with Crippen LogP contribution in [0.25, 0.3) is 0 Å². The predicted molar refractivity (Wildman–Crippen MR) is 85.4 cm³/mol. The summed E-state index contributed by atoms with van der Waals surface area (Å²) in [5.74, 6) is 0.762. The third-order valence-electron chi connectivity index (χ3n) is 3.67.